The van der Waals surface area contributed by atoms with Crippen molar-refractivity contribution in [2.45, 2.75) is 20.3 Å². The number of benzene rings is 1. The van der Waals surface area contributed by atoms with Crippen LogP contribution in [0, 0.1) is 0 Å². The minimum absolute atomic E-state index is 0.270. The fourth-order valence-corrected chi connectivity index (χ4v) is 2.15. The molecule has 0 saturated carbocycles. The largest absolute Gasteiger partial charge is 0.464 e. The zero-order valence-corrected chi connectivity index (χ0v) is 13.4. The second-order valence-electron chi connectivity index (χ2n) is 4.25. The summed E-state index contributed by atoms with van der Waals surface area (Å²) >= 11 is 12.1. The monoisotopic (exact) mass is 326 g/mol. The summed E-state index contributed by atoms with van der Waals surface area (Å²) in [6.45, 7) is 5.18. The molecule has 1 aromatic carbocycles. The first-order valence-electron chi connectivity index (χ1n) is 6.72. The molecule has 0 aliphatic heterocycles. The first kappa shape index (κ1) is 15.8. The second-order valence-corrected chi connectivity index (χ2v) is 5.09. The zero-order chi connectivity index (χ0) is 15.2. The molecule has 0 amide bonds. The van der Waals surface area contributed by atoms with Gasteiger partial charge in [-0.2, -0.15) is 15.0 Å². The number of aromatic nitrogens is 3. The van der Waals surface area contributed by atoms with E-state index in [1.54, 1.807) is 18.2 Å². The second kappa shape index (κ2) is 7.43. The average molecular weight is 327 g/mol. The molecule has 0 atom stereocenters. The van der Waals surface area contributed by atoms with Gasteiger partial charge in [0.1, 0.15) is 0 Å². The van der Waals surface area contributed by atoms with E-state index in [-0.39, 0.29) is 6.01 Å². The molecule has 0 aliphatic rings. The van der Waals surface area contributed by atoms with Gasteiger partial charge >= 0.3 is 6.01 Å². The highest BCUT2D eigenvalue weighted by atomic mass is 35.5. The third kappa shape index (κ3) is 4.19. The minimum Gasteiger partial charge on any atom is -0.464 e. The molecule has 0 spiro atoms. The number of halogens is 2. The highest BCUT2D eigenvalue weighted by molar-refractivity contribution is 6.36. The Balaban J connectivity index is 2.43. The van der Waals surface area contributed by atoms with Crippen LogP contribution in [-0.2, 0) is 0 Å². The van der Waals surface area contributed by atoms with Crippen LogP contribution < -0.4 is 10.1 Å². The van der Waals surface area contributed by atoms with Gasteiger partial charge in [-0.3, -0.25) is 0 Å². The molecule has 1 heterocycles. The number of ether oxygens (including phenoxy) is 1. The van der Waals surface area contributed by atoms with Crippen molar-refractivity contribution < 1.29 is 4.74 Å². The molecule has 7 heteroatoms. The van der Waals surface area contributed by atoms with Crippen molar-refractivity contribution >= 4 is 29.2 Å². The lowest BCUT2D eigenvalue weighted by Gasteiger charge is -2.09. The maximum atomic E-state index is 6.20. The van der Waals surface area contributed by atoms with Crippen LogP contribution in [0.25, 0.3) is 11.4 Å². The summed E-state index contributed by atoms with van der Waals surface area (Å²) in [5, 5.41) is 4.17. The van der Waals surface area contributed by atoms with E-state index in [1.807, 2.05) is 6.92 Å². The van der Waals surface area contributed by atoms with E-state index in [2.05, 4.69) is 27.2 Å². The van der Waals surface area contributed by atoms with E-state index < -0.39 is 0 Å². The van der Waals surface area contributed by atoms with Crippen molar-refractivity contribution in [3.63, 3.8) is 0 Å². The highest BCUT2D eigenvalue weighted by Crippen LogP contribution is 2.29. The molecular weight excluding hydrogens is 311 g/mol. The van der Waals surface area contributed by atoms with Crippen molar-refractivity contribution in [3.05, 3.63) is 28.2 Å². The van der Waals surface area contributed by atoms with Crippen molar-refractivity contribution in [1.82, 2.24) is 15.0 Å². The molecule has 112 valence electrons. The summed E-state index contributed by atoms with van der Waals surface area (Å²) in [6, 6.07) is 5.44. The fraction of sp³-hybridized carbons (Fsp3) is 0.357. The Labute approximate surface area is 133 Å². The van der Waals surface area contributed by atoms with Crippen LogP contribution in [0.5, 0.6) is 6.01 Å². The first-order valence-corrected chi connectivity index (χ1v) is 7.47. The molecule has 5 nitrogen and oxygen atoms in total. The van der Waals surface area contributed by atoms with E-state index in [0.717, 1.165) is 13.0 Å². The summed E-state index contributed by atoms with van der Waals surface area (Å²) < 4.78 is 5.38. The van der Waals surface area contributed by atoms with Gasteiger partial charge in [-0.05, 0) is 31.5 Å². The maximum Gasteiger partial charge on any atom is 0.321 e. The molecule has 21 heavy (non-hydrogen) atoms. The lowest BCUT2D eigenvalue weighted by Crippen LogP contribution is -2.08. The standard InChI is InChI=1S/C14H16Cl2N4O/c1-3-7-17-13-18-12(19-14(20-13)21-4-2)10-6-5-9(15)8-11(10)16/h5-6,8H,3-4,7H2,1-2H3,(H,17,18,19,20). The summed E-state index contributed by atoms with van der Waals surface area (Å²) in [7, 11) is 0. The molecule has 2 aromatic rings. The maximum absolute atomic E-state index is 6.20. The summed E-state index contributed by atoms with van der Waals surface area (Å²) in [5.74, 6) is 0.921. The SMILES string of the molecule is CCCNc1nc(OCC)nc(-c2ccc(Cl)cc2Cl)n1. The van der Waals surface area contributed by atoms with Crippen LogP contribution in [0.1, 0.15) is 20.3 Å². The van der Waals surface area contributed by atoms with Gasteiger partial charge in [0.2, 0.25) is 5.95 Å². The molecule has 0 aliphatic carbocycles. The van der Waals surface area contributed by atoms with Crippen molar-refractivity contribution in [1.29, 1.82) is 0 Å². The predicted molar refractivity (Wildman–Crippen MR) is 85.2 cm³/mol. The molecule has 1 aromatic heterocycles. The Morgan fingerprint density at radius 3 is 2.62 bits per heavy atom. The third-order valence-electron chi connectivity index (χ3n) is 2.59. The third-order valence-corrected chi connectivity index (χ3v) is 3.14. The van der Waals surface area contributed by atoms with Gasteiger partial charge in [0, 0.05) is 17.1 Å². The fourth-order valence-electron chi connectivity index (χ4n) is 1.66. The van der Waals surface area contributed by atoms with Gasteiger partial charge in [0.15, 0.2) is 5.82 Å². The molecule has 0 radical (unpaired) electrons. The number of hydrogen-bond acceptors (Lipinski definition) is 5. The number of anilines is 1. The Morgan fingerprint density at radius 1 is 1.14 bits per heavy atom. The summed E-state index contributed by atoms with van der Waals surface area (Å²) in [5.41, 5.74) is 0.684. The minimum atomic E-state index is 0.270. The Hall–Kier alpha value is -1.59. The Kier molecular flexibility index (Phi) is 5.59. The van der Waals surface area contributed by atoms with Gasteiger partial charge < -0.3 is 10.1 Å². The van der Waals surface area contributed by atoms with E-state index >= 15 is 0 Å². The van der Waals surface area contributed by atoms with Crippen molar-refractivity contribution in [3.8, 4) is 17.4 Å². The van der Waals surface area contributed by atoms with Gasteiger partial charge in [0.05, 0.1) is 11.6 Å². The molecule has 0 bridgehead atoms. The van der Waals surface area contributed by atoms with Crippen LogP contribution in [0.3, 0.4) is 0 Å². The van der Waals surface area contributed by atoms with Gasteiger partial charge in [-0.15, -0.1) is 0 Å². The highest BCUT2D eigenvalue weighted by Gasteiger charge is 2.12. The van der Waals surface area contributed by atoms with E-state index in [1.165, 1.54) is 0 Å². The number of hydrogen-bond donors (Lipinski definition) is 1. The van der Waals surface area contributed by atoms with E-state index in [9.17, 15) is 0 Å². The van der Waals surface area contributed by atoms with Crippen LogP contribution in [-0.4, -0.2) is 28.1 Å². The lowest BCUT2D eigenvalue weighted by atomic mass is 10.2. The number of rotatable bonds is 6. The molecule has 0 saturated heterocycles. The van der Waals surface area contributed by atoms with Crippen molar-refractivity contribution in [2.24, 2.45) is 0 Å². The smallest absolute Gasteiger partial charge is 0.321 e. The Bertz CT molecular complexity index is 622. The van der Waals surface area contributed by atoms with E-state index in [4.69, 9.17) is 27.9 Å². The van der Waals surface area contributed by atoms with Crippen molar-refractivity contribution in [2.75, 3.05) is 18.5 Å². The number of nitrogens with one attached hydrogen (secondary N) is 1. The van der Waals surface area contributed by atoms with Gasteiger partial charge in [-0.25, -0.2) is 0 Å². The molecule has 2 rings (SSSR count). The van der Waals surface area contributed by atoms with Crippen LogP contribution in [0.4, 0.5) is 5.95 Å². The molecule has 0 unspecified atom stereocenters. The van der Waals surface area contributed by atoms with Gasteiger partial charge in [-0.1, -0.05) is 30.1 Å². The van der Waals surface area contributed by atoms with Crippen LogP contribution >= 0.6 is 23.2 Å². The number of nitrogens with zero attached hydrogens (tertiary/aromatic N) is 3. The van der Waals surface area contributed by atoms with Crippen LogP contribution in [0.2, 0.25) is 10.0 Å². The lowest BCUT2D eigenvalue weighted by molar-refractivity contribution is 0.312. The summed E-state index contributed by atoms with van der Waals surface area (Å²) in [6.07, 6.45) is 0.965. The average Bonchev–Trinajstić information content (AvgIpc) is 2.45. The van der Waals surface area contributed by atoms with Crippen LogP contribution in [0.15, 0.2) is 18.2 Å². The summed E-state index contributed by atoms with van der Waals surface area (Å²) in [4.78, 5) is 12.9. The van der Waals surface area contributed by atoms with Gasteiger partial charge in [0.25, 0.3) is 0 Å². The topological polar surface area (TPSA) is 59.9 Å². The molecule has 0 fully saturated rings. The first-order chi connectivity index (χ1) is 10.1. The Morgan fingerprint density at radius 2 is 1.95 bits per heavy atom. The normalized spacial score (nSPS) is 10.5. The predicted octanol–water partition coefficient (Wildman–Crippen LogP) is 4.07. The molecular formula is C14H16Cl2N4O. The zero-order valence-electron chi connectivity index (χ0n) is 11.9. The quantitative estimate of drug-likeness (QED) is 0.867. The van der Waals surface area contributed by atoms with E-state index in [0.29, 0.717) is 34.0 Å². The molecule has 1 N–H and O–H groups in total.